The normalized spacial score (nSPS) is 8.60. The van der Waals surface area contributed by atoms with Crippen LogP contribution in [0, 0.1) is 18.3 Å². The van der Waals surface area contributed by atoms with Gasteiger partial charge in [0.25, 0.3) is 0 Å². The summed E-state index contributed by atoms with van der Waals surface area (Å²) < 4.78 is 0. The maximum Gasteiger partial charge on any atom is 0.0340 e. The van der Waals surface area contributed by atoms with Crippen LogP contribution in [-0.2, 0) is 0 Å². The summed E-state index contributed by atoms with van der Waals surface area (Å²) >= 11 is 0. The van der Waals surface area contributed by atoms with Gasteiger partial charge in [0.1, 0.15) is 0 Å². The van der Waals surface area contributed by atoms with Gasteiger partial charge in [0.15, 0.2) is 0 Å². The molecule has 1 radical (unpaired) electrons. The molecule has 0 saturated heterocycles. The topological polar surface area (TPSA) is 0 Å². The van der Waals surface area contributed by atoms with Gasteiger partial charge < -0.3 is 0 Å². The first kappa shape index (κ1) is 9.56. The van der Waals surface area contributed by atoms with Gasteiger partial charge in [-0.1, -0.05) is 32.6 Å². The summed E-state index contributed by atoms with van der Waals surface area (Å²) in [6.07, 6.45) is 8.01. The zero-order chi connectivity index (χ0) is 7.66. The van der Waals surface area contributed by atoms with Crippen molar-refractivity contribution in [3.05, 3.63) is 6.42 Å². The van der Waals surface area contributed by atoms with Crippen LogP contribution in [0.25, 0.3) is 0 Å². The first-order chi connectivity index (χ1) is 4.91. The van der Waals surface area contributed by atoms with E-state index < -0.39 is 0 Å². The van der Waals surface area contributed by atoms with E-state index in [1.165, 1.54) is 19.3 Å². The molecule has 10 heavy (non-hydrogen) atoms. The minimum atomic E-state index is 1.04. The van der Waals surface area contributed by atoms with Crippen LogP contribution in [0.2, 0.25) is 0 Å². The molecule has 0 atom stereocenters. The zero-order valence-electron chi connectivity index (χ0n) is 7.11. The van der Waals surface area contributed by atoms with Crippen molar-refractivity contribution in [3.63, 3.8) is 0 Å². The number of hydrogen-bond donors (Lipinski definition) is 0. The molecule has 0 unspecified atom stereocenters. The molecule has 0 heterocycles. The Balaban J connectivity index is 2.96. The second-order valence-corrected chi connectivity index (χ2v) is 2.42. The Bertz CT molecular complexity index is 103. The van der Waals surface area contributed by atoms with Gasteiger partial charge in [-0.25, -0.2) is 0 Å². The van der Waals surface area contributed by atoms with E-state index in [0.717, 1.165) is 12.8 Å². The maximum absolute atomic E-state index is 3.09. The Kier molecular flexibility index (Phi) is 8.18. The van der Waals surface area contributed by atoms with Crippen molar-refractivity contribution in [1.82, 2.24) is 0 Å². The average Bonchev–Trinajstić information content (AvgIpc) is 1.97. The van der Waals surface area contributed by atoms with Gasteiger partial charge in [-0.2, -0.15) is 0 Å². The first-order valence-corrected chi connectivity index (χ1v) is 4.21. The lowest BCUT2D eigenvalue weighted by atomic mass is 10.2. The van der Waals surface area contributed by atoms with Crippen molar-refractivity contribution in [2.24, 2.45) is 0 Å². The second-order valence-electron chi connectivity index (χ2n) is 2.42. The monoisotopic (exact) mass is 137 g/mol. The lowest BCUT2D eigenvalue weighted by Gasteiger charge is -1.87. The van der Waals surface area contributed by atoms with E-state index in [0.29, 0.717) is 0 Å². The van der Waals surface area contributed by atoms with E-state index in [-0.39, 0.29) is 0 Å². The molecule has 0 heteroatoms. The highest BCUT2D eigenvalue weighted by Gasteiger charge is 1.80. The molecule has 0 rings (SSSR count). The highest BCUT2D eigenvalue weighted by Crippen LogP contribution is 1.95. The van der Waals surface area contributed by atoms with Crippen LogP contribution in [0.3, 0.4) is 0 Å². The molecule has 0 saturated carbocycles. The van der Waals surface area contributed by atoms with Crippen molar-refractivity contribution in [1.29, 1.82) is 0 Å². The average molecular weight is 137 g/mol. The van der Waals surface area contributed by atoms with Gasteiger partial charge in [-0.3, -0.25) is 0 Å². The van der Waals surface area contributed by atoms with Crippen LogP contribution in [0.4, 0.5) is 0 Å². The number of hydrogen-bond acceptors (Lipinski definition) is 0. The fourth-order valence-electron chi connectivity index (χ4n) is 0.648. The SMILES string of the molecule is CCCC#C[CH]CCCC. The molecule has 0 spiro atoms. The third kappa shape index (κ3) is 7.56. The first-order valence-electron chi connectivity index (χ1n) is 4.21. The quantitative estimate of drug-likeness (QED) is 0.412. The van der Waals surface area contributed by atoms with Crippen molar-refractivity contribution in [3.8, 4) is 11.8 Å². The van der Waals surface area contributed by atoms with E-state index in [2.05, 4.69) is 32.1 Å². The lowest BCUT2D eigenvalue weighted by molar-refractivity contribution is 0.798. The highest BCUT2D eigenvalue weighted by molar-refractivity contribution is 5.08. The van der Waals surface area contributed by atoms with E-state index in [1.807, 2.05) is 0 Å². The van der Waals surface area contributed by atoms with Crippen LogP contribution in [-0.4, -0.2) is 0 Å². The molecule has 0 aromatic rings. The summed E-state index contributed by atoms with van der Waals surface area (Å²) in [4.78, 5) is 0. The summed E-state index contributed by atoms with van der Waals surface area (Å²) in [5, 5.41) is 0. The molecular formula is C10H17. The Labute approximate surface area is 65.0 Å². The maximum atomic E-state index is 3.09. The number of unbranched alkanes of at least 4 members (excludes halogenated alkanes) is 4. The van der Waals surface area contributed by atoms with E-state index in [1.54, 1.807) is 0 Å². The van der Waals surface area contributed by atoms with Gasteiger partial charge in [-0.15, -0.1) is 5.92 Å². The van der Waals surface area contributed by atoms with E-state index in [4.69, 9.17) is 0 Å². The molecule has 0 fully saturated rings. The van der Waals surface area contributed by atoms with Crippen molar-refractivity contribution in [2.75, 3.05) is 0 Å². The van der Waals surface area contributed by atoms with Crippen LogP contribution in [0.15, 0.2) is 0 Å². The Morgan fingerprint density at radius 2 is 2.00 bits per heavy atom. The number of rotatable bonds is 4. The fraction of sp³-hybridized carbons (Fsp3) is 0.700. The third-order valence-electron chi connectivity index (χ3n) is 1.28. The summed E-state index contributed by atoms with van der Waals surface area (Å²) in [5.41, 5.74) is 0. The molecule has 0 aliphatic rings. The summed E-state index contributed by atoms with van der Waals surface area (Å²) in [5.74, 6) is 6.13. The minimum Gasteiger partial charge on any atom is -0.103 e. The van der Waals surface area contributed by atoms with Gasteiger partial charge in [0.2, 0.25) is 0 Å². The fourth-order valence-corrected chi connectivity index (χ4v) is 0.648. The predicted molar refractivity (Wildman–Crippen MR) is 46.5 cm³/mol. The molecule has 0 bridgehead atoms. The summed E-state index contributed by atoms with van der Waals surface area (Å²) in [6.45, 7) is 4.36. The van der Waals surface area contributed by atoms with Crippen molar-refractivity contribution >= 4 is 0 Å². The summed E-state index contributed by atoms with van der Waals surface area (Å²) in [6, 6.07) is 0. The molecule has 0 aromatic heterocycles. The smallest absolute Gasteiger partial charge is 0.0340 e. The zero-order valence-corrected chi connectivity index (χ0v) is 7.11. The molecule has 0 aromatic carbocycles. The molecule has 0 nitrogen and oxygen atoms in total. The van der Waals surface area contributed by atoms with Gasteiger partial charge >= 0.3 is 0 Å². The standard InChI is InChI=1S/C10H17/c1-3-5-7-9-10-8-6-4-2/h9H,3-7H2,1-2H3. The van der Waals surface area contributed by atoms with Crippen molar-refractivity contribution < 1.29 is 0 Å². The molecule has 0 N–H and O–H groups in total. The molecule has 0 aliphatic carbocycles. The van der Waals surface area contributed by atoms with E-state index in [9.17, 15) is 0 Å². The van der Waals surface area contributed by atoms with Gasteiger partial charge in [0, 0.05) is 12.8 Å². The molecule has 57 valence electrons. The van der Waals surface area contributed by atoms with Gasteiger partial charge in [0.05, 0.1) is 0 Å². The third-order valence-corrected chi connectivity index (χ3v) is 1.28. The Hall–Kier alpha value is -0.440. The molecular weight excluding hydrogens is 120 g/mol. The Morgan fingerprint density at radius 1 is 1.20 bits per heavy atom. The second kappa shape index (κ2) is 8.56. The largest absolute Gasteiger partial charge is 0.103 e. The van der Waals surface area contributed by atoms with Crippen LogP contribution < -0.4 is 0 Å². The van der Waals surface area contributed by atoms with E-state index >= 15 is 0 Å². The van der Waals surface area contributed by atoms with Crippen molar-refractivity contribution in [2.45, 2.75) is 46.0 Å². The van der Waals surface area contributed by atoms with Crippen LogP contribution in [0.1, 0.15) is 46.0 Å². The molecule has 0 aliphatic heterocycles. The summed E-state index contributed by atoms with van der Waals surface area (Å²) in [7, 11) is 0. The Morgan fingerprint density at radius 3 is 2.60 bits per heavy atom. The molecule has 0 amide bonds. The van der Waals surface area contributed by atoms with Gasteiger partial charge in [-0.05, 0) is 12.8 Å². The highest BCUT2D eigenvalue weighted by atomic mass is 13.8. The minimum absolute atomic E-state index is 1.04. The van der Waals surface area contributed by atoms with Crippen LogP contribution >= 0.6 is 0 Å². The predicted octanol–water partition coefficient (Wildman–Crippen LogP) is 3.18. The lowest BCUT2D eigenvalue weighted by Crippen LogP contribution is -1.72. The van der Waals surface area contributed by atoms with Crippen LogP contribution in [0.5, 0.6) is 0 Å².